The minimum Gasteiger partial charge on any atom is -0.395 e. The molecule has 2 rings (SSSR count). The lowest BCUT2D eigenvalue weighted by atomic mass is 10.3. The zero-order valence-corrected chi connectivity index (χ0v) is 11.6. The van der Waals surface area contributed by atoms with Gasteiger partial charge in [-0.2, -0.15) is 0 Å². The third-order valence-electron chi connectivity index (χ3n) is 2.36. The van der Waals surface area contributed by atoms with Gasteiger partial charge in [-0.3, -0.25) is 4.79 Å². The highest BCUT2D eigenvalue weighted by molar-refractivity contribution is 7.10. The van der Waals surface area contributed by atoms with Crippen molar-refractivity contribution in [3.63, 3.8) is 0 Å². The van der Waals surface area contributed by atoms with Gasteiger partial charge in [0.2, 0.25) is 5.91 Å². The first kappa shape index (κ1) is 14.2. The Morgan fingerprint density at radius 2 is 2.45 bits per heavy atom. The minimum atomic E-state index is -0.114. The summed E-state index contributed by atoms with van der Waals surface area (Å²) < 4.78 is 1.47. The molecule has 0 fully saturated rings. The molecule has 0 atom stereocenters. The van der Waals surface area contributed by atoms with Crippen molar-refractivity contribution in [3.05, 3.63) is 34.3 Å². The van der Waals surface area contributed by atoms with E-state index in [2.05, 4.69) is 27.5 Å². The molecule has 20 heavy (non-hydrogen) atoms. The van der Waals surface area contributed by atoms with Crippen LogP contribution in [0.2, 0.25) is 0 Å². The normalized spacial score (nSPS) is 9.85. The summed E-state index contributed by atoms with van der Waals surface area (Å²) in [5, 5.41) is 20.7. The topological polar surface area (TPSA) is 80.0 Å². The molecule has 104 valence electrons. The van der Waals surface area contributed by atoms with Crippen LogP contribution < -0.4 is 5.32 Å². The van der Waals surface area contributed by atoms with E-state index in [9.17, 15) is 4.79 Å². The fraction of sp³-hybridized carbons (Fsp3) is 0.308. The molecule has 2 aromatic heterocycles. The smallest absolute Gasteiger partial charge is 0.242 e. The highest BCUT2D eigenvalue weighted by atomic mass is 32.1. The van der Waals surface area contributed by atoms with E-state index in [4.69, 9.17) is 5.11 Å². The van der Waals surface area contributed by atoms with Crippen LogP contribution in [0.15, 0.2) is 23.8 Å². The number of thiophene rings is 1. The van der Waals surface area contributed by atoms with Crippen LogP contribution in [-0.4, -0.2) is 32.6 Å². The van der Waals surface area contributed by atoms with Crippen molar-refractivity contribution in [3.8, 4) is 11.8 Å². The first-order valence-electron chi connectivity index (χ1n) is 6.06. The van der Waals surface area contributed by atoms with Crippen molar-refractivity contribution < 1.29 is 9.90 Å². The number of aromatic nitrogens is 3. The number of rotatable bonds is 5. The SMILES string of the molecule is O=C(Cn1ccnn1)NCc1cc(C#CCCO)cs1. The lowest BCUT2D eigenvalue weighted by molar-refractivity contribution is -0.122. The van der Waals surface area contributed by atoms with E-state index < -0.39 is 0 Å². The summed E-state index contributed by atoms with van der Waals surface area (Å²) >= 11 is 1.54. The summed E-state index contributed by atoms with van der Waals surface area (Å²) in [6, 6.07) is 1.94. The Labute approximate surface area is 120 Å². The Kier molecular flexibility index (Phi) is 5.29. The number of carbonyl (C=O) groups excluding carboxylic acids is 1. The van der Waals surface area contributed by atoms with Gasteiger partial charge >= 0.3 is 0 Å². The molecule has 0 saturated heterocycles. The molecular weight excluding hydrogens is 276 g/mol. The van der Waals surface area contributed by atoms with Gasteiger partial charge in [0.15, 0.2) is 0 Å². The third-order valence-corrected chi connectivity index (χ3v) is 3.30. The number of nitrogens with one attached hydrogen (secondary N) is 1. The van der Waals surface area contributed by atoms with Crippen molar-refractivity contribution in [2.45, 2.75) is 19.5 Å². The summed E-state index contributed by atoms with van der Waals surface area (Å²) in [7, 11) is 0. The zero-order valence-electron chi connectivity index (χ0n) is 10.7. The van der Waals surface area contributed by atoms with E-state index in [1.807, 2.05) is 11.4 Å². The second-order valence-corrected chi connectivity index (χ2v) is 4.95. The van der Waals surface area contributed by atoms with Crippen LogP contribution in [0.5, 0.6) is 0 Å². The maximum absolute atomic E-state index is 11.7. The molecular formula is C13H14N4O2S. The maximum Gasteiger partial charge on any atom is 0.242 e. The molecule has 2 N–H and O–H groups in total. The third kappa shape index (κ3) is 4.50. The Hall–Kier alpha value is -2.17. The molecule has 1 amide bonds. The summed E-state index contributed by atoms with van der Waals surface area (Å²) in [6.45, 7) is 0.705. The Balaban J connectivity index is 1.79. The number of hydrogen-bond donors (Lipinski definition) is 2. The van der Waals surface area contributed by atoms with Crippen molar-refractivity contribution in [2.24, 2.45) is 0 Å². The summed E-state index contributed by atoms with van der Waals surface area (Å²) in [5.74, 6) is 5.70. The minimum absolute atomic E-state index is 0.0718. The average molecular weight is 290 g/mol. The van der Waals surface area contributed by atoms with Crippen molar-refractivity contribution in [1.82, 2.24) is 20.3 Å². The summed E-state index contributed by atoms with van der Waals surface area (Å²) in [4.78, 5) is 12.7. The van der Waals surface area contributed by atoms with Crippen LogP contribution in [0, 0.1) is 11.8 Å². The second-order valence-electron chi connectivity index (χ2n) is 3.95. The fourth-order valence-corrected chi connectivity index (χ4v) is 2.22. The molecule has 0 saturated carbocycles. The maximum atomic E-state index is 11.7. The molecule has 0 bridgehead atoms. The van der Waals surface area contributed by atoms with Gasteiger partial charge in [0, 0.05) is 28.4 Å². The Bertz CT molecular complexity index is 610. The number of aliphatic hydroxyl groups excluding tert-OH is 1. The molecule has 0 aliphatic heterocycles. The standard InChI is InChI=1S/C13H14N4O2S/c18-6-2-1-3-11-7-12(20-10-11)8-14-13(19)9-17-5-4-15-16-17/h4-5,7,10,18H,2,6,8-9H2,(H,14,19). The monoisotopic (exact) mass is 290 g/mol. The second kappa shape index (κ2) is 7.43. The molecule has 6 nitrogen and oxygen atoms in total. The van der Waals surface area contributed by atoms with Crippen LogP contribution in [0.25, 0.3) is 0 Å². The first-order valence-corrected chi connectivity index (χ1v) is 6.94. The largest absolute Gasteiger partial charge is 0.395 e. The van der Waals surface area contributed by atoms with E-state index in [0.717, 1.165) is 10.4 Å². The van der Waals surface area contributed by atoms with E-state index in [1.165, 1.54) is 10.9 Å². The fourth-order valence-electron chi connectivity index (χ4n) is 1.47. The van der Waals surface area contributed by atoms with Gasteiger partial charge in [-0.25, -0.2) is 4.68 Å². The molecule has 0 aliphatic carbocycles. The number of hydrogen-bond acceptors (Lipinski definition) is 5. The lowest BCUT2D eigenvalue weighted by Gasteiger charge is -2.02. The van der Waals surface area contributed by atoms with Gasteiger partial charge < -0.3 is 10.4 Å². The highest BCUT2D eigenvalue weighted by Gasteiger charge is 2.04. The molecule has 0 radical (unpaired) electrons. The van der Waals surface area contributed by atoms with Gasteiger partial charge in [-0.05, 0) is 6.07 Å². The van der Waals surface area contributed by atoms with Crippen LogP contribution in [0.1, 0.15) is 16.9 Å². The van der Waals surface area contributed by atoms with Gasteiger partial charge in [-0.1, -0.05) is 17.1 Å². The Morgan fingerprint density at radius 1 is 1.55 bits per heavy atom. The van der Waals surface area contributed by atoms with Crippen LogP contribution >= 0.6 is 11.3 Å². The van der Waals surface area contributed by atoms with Gasteiger partial charge in [-0.15, -0.1) is 16.4 Å². The van der Waals surface area contributed by atoms with Crippen molar-refractivity contribution >= 4 is 17.2 Å². The van der Waals surface area contributed by atoms with E-state index in [0.29, 0.717) is 13.0 Å². The molecule has 0 aliphatic rings. The molecule has 0 aromatic carbocycles. The van der Waals surface area contributed by atoms with Crippen LogP contribution in [-0.2, 0) is 17.9 Å². The van der Waals surface area contributed by atoms with Crippen molar-refractivity contribution in [2.75, 3.05) is 6.61 Å². The quantitative estimate of drug-likeness (QED) is 0.781. The number of amides is 1. The molecule has 0 unspecified atom stereocenters. The van der Waals surface area contributed by atoms with E-state index >= 15 is 0 Å². The summed E-state index contributed by atoms with van der Waals surface area (Å²) in [6.07, 6.45) is 3.64. The molecule has 7 heteroatoms. The van der Waals surface area contributed by atoms with E-state index in [1.54, 1.807) is 17.5 Å². The van der Waals surface area contributed by atoms with Gasteiger partial charge in [0.1, 0.15) is 6.54 Å². The zero-order chi connectivity index (χ0) is 14.2. The number of carbonyl (C=O) groups is 1. The Morgan fingerprint density at radius 3 is 3.20 bits per heavy atom. The molecule has 0 spiro atoms. The molecule has 2 aromatic rings. The van der Waals surface area contributed by atoms with Crippen LogP contribution in [0.3, 0.4) is 0 Å². The predicted molar refractivity (Wildman–Crippen MR) is 74.8 cm³/mol. The van der Waals surface area contributed by atoms with Gasteiger partial charge in [0.25, 0.3) is 0 Å². The van der Waals surface area contributed by atoms with E-state index in [-0.39, 0.29) is 19.1 Å². The summed E-state index contributed by atoms with van der Waals surface area (Å²) in [5.41, 5.74) is 0.906. The van der Waals surface area contributed by atoms with Gasteiger partial charge in [0.05, 0.1) is 19.3 Å². The molecule has 2 heterocycles. The van der Waals surface area contributed by atoms with Crippen molar-refractivity contribution in [1.29, 1.82) is 0 Å². The highest BCUT2D eigenvalue weighted by Crippen LogP contribution is 2.13. The predicted octanol–water partition coefficient (Wildman–Crippen LogP) is 0.390. The number of nitrogens with zero attached hydrogens (tertiary/aromatic N) is 3. The first-order chi connectivity index (χ1) is 9.78. The average Bonchev–Trinajstić information content (AvgIpc) is 3.08. The van der Waals surface area contributed by atoms with Crippen LogP contribution in [0.4, 0.5) is 0 Å². The number of aliphatic hydroxyl groups is 1. The lowest BCUT2D eigenvalue weighted by Crippen LogP contribution is -2.27.